The molecule has 1 aliphatic heterocycles. The van der Waals surface area contributed by atoms with Gasteiger partial charge in [0.2, 0.25) is 0 Å². The first-order chi connectivity index (χ1) is 8.43. The van der Waals surface area contributed by atoms with Gasteiger partial charge in [0.15, 0.2) is 0 Å². The Labute approximate surface area is 104 Å². The Morgan fingerprint density at radius 3 is 3.06 bits per heavy atom. The fourth-order valence-electron chi connectivity index (χ4n) is 2.35. The van der Waals surface area contributed by atoms with Gasteiger partial charge in [-0.05, 0) is 19.4 Å². The first kappa shape index (κ1) is 10.8. The van der Waals surface area contributed by atoms with Gasteiger partial charge in [-0.15, -0.1) is 11.3 Å². The highest BCUT2D eigenvalue weighted by Crippen LogP contribution is 2.31. The third-order valence-corrected chi connectivity index (χ3v) is 3.89. The molecule has 0 amide bonds. The van der Waals surface area contributed by atoms with Crippen molar-refractivity contribution in [2.24, 2.45) is 0 Å². The molecule has 0 N–H and O–H groups in total. The number of thiazole rings is 1. The van der Waals surface area contributed by atoms with Gasteiger partial charge in [0.05, 0.1) is 17.2 Å². The van der Waals surface area contributed by atoms with Crippen LogP contribution in [0.25, 0.3) is 0 Å². The van der Waals surface area contributed by atoms with Gasteiger partial charge in [0.25, 0.3) is 0 Å². The van der Waals surface area contributed by atoms with Gasteiger partial charge >= 0.3 is 0 Å². The molecule has 0 unspecified atom stereocenters. The van der Waals surface area contributed by atoms with Crippen LogP contribution in [0.3, 0.4) is 0 Å². The van der Waals surface area contributed by atoms with Crippen molar-refractivity contribution >= 4 is 11.3 Å². The minimum absolute atomic E-state index is 0.422. The maximum atomic E-state index is 4.42. The van der Waals surface area contributed by atoms with E-state index in [1.54, 1.807) is 23.7 Å². The second-order valence-corrected chi connectivity index (χ2v) is 5.20. The first-order valence-corrected chi connectivity index (χ1v) is 6.69. The molecule has 3 heterocycles. The molecule has 3 rings (SSSR count). The van der Waals surface area contributed by atoms with Crippen LogP contribution in [0, 0.1) is 0 Å². The van der Waals surface area contributed by atoms with Crippen molar-refractivity contribution in [2.75, 3.05) is 6.54 Å². The third kappa shape index (κ3) is 2.35. The fraction of sp³-hybridized carbons (Fsp3) is 0.417. The van der Waals surface area contributed by atoms with Gasteiger partial charge in [-0.25, -0.2) is 0 Å². The number of rotatable bonds is 3. The summed E-state index contributed by atoms with van der Waals surface area (Å²) in [5, 5.41) is 0. The van der Waals surface area contributed by atoms with Gasteiger partial charge in [0.1, 0.15) is 0 Å². The number of nitrogens with zero attached hydrogens (tertiary/aromatic N) is 4. The molecule has 1 fully saturated rings. The van der Waals surface area contributed by atoms with Crippen LogP contribution in [0.1, 0.15) is 29.5 Å². The smallest absolute Gasteiger partial charge is 0.0794 e. The normalized spacial score (nSPS) is 20.8. The summed E-state index contributed by atoms with van der Waals surface area (Å²) in [4.78, 5) is 16.5. The lowest BCUT2D eigenvalue weighted by molar-refractivity contribution is 0.246. The highest BCUT2D eigenvalue weighted by Gasteiger charge is 2.27. The maximum Gasteiger partial charge on any atom is 0.0794 e. The lowest BCUT2D eigenvalue weighted by Crippen LogP contribution is -2.23. The summed E-state index contributed by atoms with van der Waals surface area (Å²) < 4.78 is 0. The quantitative estimate of drug-likeness (QED) is 0.833. The summed E-state index contributed by atoms with van der Waals surface area (Å²) in [7, 11) is 0. The number of hydrogen-bond acceptors (Lipinski definition) is 5. The van der Waals surface area contributed by atoms with Gasteiger partial charge in [-0.3, -0.25) is 19.9 Å². The molecule has 0 spiro atoms. The lowest BCUT2D eigenvalue weighted by atomic mass is 10.1. The molecule has 0 bridgehead atoms. The molecule has 1 saturated heterocycles. The molecule has 88 valence electrons. The Morgan fingerprint density at radius 1 is 1.29 bits per heavy atom. The molecule has 5 heteroatoms. The Kier molecular flexibility index (Phi) is 3.11. The van der Waals surface area contributed by atoms with Crippen molar-refractivity contribution in [1.29, 1.82) is 0 Å². The minimum Gasteiger partial charge on any atom is -0.290 e. The zero-order valence-electron chi connectivity index (χ0n) is 9.49. The zero-order valence-corrected chi connectivity index (χ0v) is 10.3. The van der Waals surface area contributed by atoms with Gasteiger partial charge < -0.3 is 0 Å². The second-order valence-electron chi connectivity index (χ2n) is 4.23. The maximum absolute atomic E-state index is 4.42. The van der Waals surface area contributed by atoms with E-state index in [0.717, 1.165) is 18.8 Å². The molecular weight excluding hydrogens is 232 g/mol. The van der Waals surface area contributed by atoms with E-state index < -0.39 is 0 Å². The van der Waals surface area contributed by atoms with Crippen LogP contribution in [0.5, 0.6) is 0 Å². The van der Waals surface area contributed by atoms with Crippen molar-refractivity contribution in [2.45, 2.75) is 25.4 Å². The minimum atomic E-state index is 0.422. The van der Waals surface area contributed by atoms with E-state index in [1.807, 2.05) is 17.9 Å². The molecule has 17 heavy (non-hydrogen) atoms. The zero-order chi connectivity index (χ0) is 11.5. The van der Waals surface area contributed by atoms with Gasteiger partial charge in [-0.2, -0.15) is 0 Å². The highest BCUT2D eigenvalue weighted by atomic mass is 32.1. The number of hydrogen-bond donors (Lipinski definition) is 0. The lowest BCUT2D eigenvalue weighted by Gasteiger charge is -2.22. The number of likely N-dealkylation sites (tertiary alicyclic amines) is 1. The summed E-state index contributed by atoms with van der Waals surface area (Å²) in [5.74, 6) is 0. The summed E-state index contributed by atoms with van der Waals surface area (Å²) in [5.41, 5.74) is 2.98. The van der Waals surface area contributed by atoms with Crippen molar-refractivity contribution < 1.29 is 0 Å². The Morgan fingerprint density at radius 2 is 2.29 bits per heavy atom. The molecule has 1 aliphatic rings. The standard InChI is InChI=1S/C12H14N4S/c1-2-12(11-7-13-3-4-15-11)16(5-1)8-10-6-14-9-17-10/h3-4,6-7,9,12H,1-2,5,8H2/t12-/m0/s1. The monoisotopic (exact) mass is 246 g/mol. The van der Waals surface area contributed by atoms with Crippen molar-refractivity contribution in [3.63, 3.8) is 0 Å². The van der Waals surface area contributed by atoms with Crippen molar-refractivity contribution in [3.8, 4) is 0 Å². The SMILES string of the molecule is c1cnc([C@@H]2CCCN2Cc2cncs2)cn1. The molecule has 0 aliphatic carbocycles. The second kappa shape index (κ2) is 4.89. The molecule has 2 aromatic rings. The van der Waals surface area contributed by atoms with Crippen LogP contribution in [-0.4, -0.2) is 26.4 Å². The predicted molar refractivity (Wildman–Crippen MR) is 66.5 cm³/mol. The van der Waals surface area contributed by atoms with Crippen LogP contribution in [0.2, 0.25) is 0 Å². The molecule has 0 aromatic carbocycles. The summed E-state index contributed by atoms with van der Waals surface area (Å²) in [6.07, 6.45) is 9.76. The summed E-state index contributed by atoms with van der Waals surface area (Å²) >= 11 is 1.72. The summed E-state index contributed by atoms with van der Waals surface area (Å²) in [6, 6.07) is 0.422. The predicted octanol–water partition coefficient (Wildman–Crippen LogP) is 2.27. The highest BCUT2D eigenvalue weighted by molar-refractivity contribution is 7.09. The van der Waals surface area contributed by atoms with Crippen LogP contribution < -0.4 is 0 Å². The van der Waals surface area contributed by atoms with Crippen LogP contribution in [-0.2, 0) is 6.54 Å². The van der Waals surface area contributed by atoms with E-state index in [1.165, 1.54) is 17.7 Å². The van der Waals surface area contributed by atoms with Gasteiger partial charge in [-0.1, -0.05) is 0 Å². The number of aromatic nitrogens is 3. The van der Waals surface area contributed by atoms with Crippen LogP contribution >= 0.6 is 11.3 Å². The molecule has 2 aromatic heterocycles. The van der Waals surface area contributed by atoms with Crippen LogP contribution in [0.4, 0.5) is 0 Å². The average molecular weight is 246 g/mol. The largest absolute Gasteiger partial charge is 0.290 e. The Balaban J connectivity index is 1.76. The molecule has 0 saturated carbocycles. The van der Waals surface area contributed by atoms with E-state index in [2.05, 4.69) is 19.9 Å². The van der Waals surface area contributed by atoms with Crippen molar-refractivity contribution in [1.82, 2.24) is 19.9 Å². The molecule has 0 radical (unpaired) electrons. The molecular formula is C12H14N4S. The fourth-order valence-corrected chi connectivity index (χ4v) is 2.97. The summed E-state index contributed by atoms with van der Waals surface area (Å²) in [6.45, 7) is 2.12. The van der Waals surface area contributed by atoms with E-state index in [9.17, 15) is 0 Å². The molecule has 4 nitrogen and oxygen atoms in total. The van der Waals surface area contributed by atoms with Crippen molar-refractivity contribution in [3.05, 3.63) is 40.9 Å². The third-order valence-electron chi connectivity index (χ3n) is 3.13. The van der Waals surface area contributed by atoms with E-state index >= 15 is 0 Å². The van der Waals surface area contributed by atoms with E-state index in [0.29, 0.717) is 6.04 Å². The van der Waals surface area contributed by atoms with Crippen LogP contribution in [0.15, 0.2) is 30.3 Å². The van der Waals surface area contributed by atoms with E-state index in [-0.39, 0.29) is 0 Å². The average Bonchev–Trinajstić information content (AvgIpc) is 3.02. The topological polar surface area (TPSA) is 41.9 Å². The van der Waals surface area contributed by atoms with E-state index in [4.69, 9.17) is 0 Å². The molecule has 1 atom stereocenters. The first-order valence-electron chi connectivity index (χ1n) is 5.81. The Hall–Kier alpha value is -1.33. The Bertz CT molecular complexity index is 457. The van der Waals surface area contributed by atoms with Gasteiger partial charge in [0, 0.05) is 36.2 Å².